The van der Waals surface area contributed by atoms with Crippen LogP contribution in [0, 0.1) is 0 Å². The first-order valence-electron chi connectivity index (χ1n) is 7.50. The Bertz CT molecular complexity index is 720. The van der Waals surface area contributed by atoms with Gasteiger partial charge in [0.2, 0.25) is 11.8 Å². The van der Waals surface area contributed by atoms with Crippen molar-refractivity contribution in [1.82, 2.24) is 4.90 Å². The van der Waals surface area contributed by atoms with Crippen LogP contribution in [0.1, 0.15) is 18.9 Å². The van der Waals surface area contributed by atoms with Crippen LogP contribution in [0.5, 0.6) is 0 Å². The van der Waals surface area contributed by atoms with Gasteiger partial charge in [-0.05, 0) is 23.8 Å². The number of anilines is 1. The lowest BCUT2D eigenvalue weighted by atomic mass is 10.2. The monoisotopic (exact) mass is 364 g/mol. The molecule has 0 fully saturated rings. The van der Waals surface area contributed by atoms with Crippen LogP contribution in [0.2, 0.25) is 10.0 Å². The summed E-state index contributed by atoms with van der Waals surface area (Å²) in [6.45, 7) is 2.31. The highest BCUT2D eigenvalue weighted by molar-refractivity contribution is 6.36. The molecule has 0 radical (unpaired) electrons. The van der Waals surface area contributed by atoms with Crippen molar-refractivity contribution >= 4 is 40.7 Å². The number of nitrogens with zero attached hydrogens (tertiary/aromatic N) is 1. The molecule has 6 heteroatoms. The molecule has 0 atom stereocenters. The maximum atomic E-state index is 12.1. The topological polar surface area (TPSA) is 49.4 Å². The molecule has 126 valence electrons. The molecule has 0 aromatic heterocycles. The summed E-state index contributed by atoms with van der Waals surface area (Å²) in [7, 11) is 0. The van der Waals surface area contributed by atoms with Crippen LogP contribution in [0.25, 0.3) is 0 Å². The first-order chi connectivity index (χ1) is 11.5. The number of rotatable bonds is 6. The van der Waals surface area contributed by atoms with Crippen LogP contribution in [-0.2, 0) is 16.1 Å². The molecule has 24 heavy (non-hydrogen) atoms. The van der Waals surface area contributed by atoms with E-state index in [2.05, 4.69) is 5.32 Å². The lowest BCUT2D eigenvalue weighted by Gasteiger charge is -2.21. The molecule has 0 heterocycles. The molecule has 0 saturated carbocycles. The van der Waals surface area contributed by atoms with Gasteiger partial charge in [0.1, 0.15) is 0 Å². The molecule has 0 aliphatic heterocycles. The Balaban J connectivity index is 1.91. The summed E-state index contributed by atoms with van der Waals surface area (Å²) in [4.78, 5) is 25.5. The Labute approximate surface area is 151 Å². The van der Waals surface area contributed by atoms with E-state index in [9.17, 15) is 9.59 Å². The number of carbonyl (C=O) groups excluding carboxylic acids is 2. The van der Waals surface area contributed by atoms with Gasteiger partial charge in [0, 0.05) is 31.5 Å². The minimum atomic E-state index is -0.210. The molecule has 0 bridgehead atoms. The summed E-state index contributed by atoms with van der Waals surface area (Å²) >= 11 is 11.9. The van der Waals surface area contributed by atoms with Gasteiger partial charge >= 0.3 is 0 Å². The van der Waals surface area contributed by atoms with E-state index < -0.39 is 0 Å². The van der Waals surface area contributed by atoms with Gasteiger partial charge in [0.05, 0.1) is 10.7 Å². The van der Waals surface area contributed by atoms with Gasteiger partial charge in [-0.25, -0.2) is 0 Å². The second kappa shape index (κ2) is 8.71. The summed E-state index contributed by atoms with van der Waals surface area (Å²) in [5.74, 6) is -0.283. The van der Waals surface area contributed by atoms with Crippen LogP contribution >= 0.6 is 23.2 Å². The van der Waals surface area contributed by atoms with Gasteiger partial charge in [0.15, 0.2) is 0 Å². The normalized spacial score (nSPS) is 10.3. The largest absolute Gasteiger partial charge is 0.338 e. The van der Waals surface area contributed by atoms with E-state index in [0.29, 0.717) is 28.8 Å². The van der Waals surface area contributed by atoms with Crippen molar-refractivity contribution in [2.24, 2.45) is 0 Å². The minimum Gasteiger partial charge on any atom is -0.338 e. The second-order valence-electron chi connectivity index (χ2n) is 5.35. The number of nitrogens with one attached hydrogen (secondary N) is 1. The van der Waals surface area contributed by atoms with E-state index in [4.69, 9.17) is 23.2 Å². The Morgan fingerprint density at radius 2 is 1.79 bits per heavy atom. The smallest absolute Gasteiger partial charge is 0.226 e. The van der Waals surface area contributed by atoms with Crippen LogP contribution in [0.4, 0.5) is 5.69 Å². The van der Waals surface area contributed by atoms with Gasteiger partial charge in [-0.3, -0.25) is 9.59 Å². The zero-order valence-corrected chi connectivity index (χ0v) is 14.8. The SMILES string of the molecule is CC(=O)N(CCC(=O)Nc1ccc(Cl)cc1Cl)Cc1ccccc1. The quantitative estimate of drug-likeness (QED) is 0.826. The number of amides is 2. The standard InChI is InChI=1S/C18H18Cl2N2O2/c1-13(23)22(12-14-5-3-2-4-6-14)10-9-18(24)21-17-8-7-15(19)11-16(17)20/h2-8,11H,9-10,12H2,1H3,(H,21,24). The number of hydrogen-bond acceptors (Lipinski definition) is 2. The molecule has 2 rings (SSSR count). The molecule has 2 aromatic rings. The van der Waals surface area contributed by atoms with E-state index in [1.165, 1.54) is 6.92 Å². The Morgan fingerprint density at radius 3 is 2.42 bits per heavy atom. The van der Waals surface area contributed by atoms with Crippen molar-refractivity contribution in [3.63, 3.8) is 0 Å². The van der Waals surface area contributed by atoms with E-state index in [1.807, 2.05) is 30.3 Å². The number of carbonyl (C=O) groups is 2. The fourth-order valence-corrected chi connectivity index (χ4v) is 2.65. The predicted octanol–water partition coefficient (Wildman–Crippen LogP) is 4.37. The average Bonchev–Trinajstić information content (AvgIpc) is 2.55. The number of halogens is 2. The first-order valence-corrected chi connectivity index (χ1v) is 8.25. The number of benzene rings is 2. The maximum Gasteiger partial charge on any atom is 0.226 e. The zero-order chi connectivity index (χ0) is 17.5. The van der Waals surface area contributed by atoms with Gasteiger partial charge in [-0.1, -0.05) is 53.5 Å². The van der Waals surface area contributed by atoms with E-state index in [-0.39, 0.29) is 18.2 Å². The van der Waals surface area contributed by atoms with Crippen molar-refractivity contribution in [2.75, 3.05) is 11.9 Å². The van der Waals surface area contributed by atoms with Crippen LogP contribution in [0.15, 0.2) is 48.5 Å². The fraction of sp³-hybridized carbons (Fsp3) is 0.222. The molecule has 0 spiro atoms. The lowest BCUT2D eigenvalue weighted by Crippen LogP contribution is -2.31. The molecule has 2 aromatic carbocycles. The molecule has 4 nitrogen and oxygen atoms in total. The molecular formula is C18H18Cl2N2O2. The van der Waals surface area contributed by atoms with Gasteiger partial charge in [0.25, 0.3) is 0 Å². The summed E-state index contributed by atoms with van der Waals surface area (Å²) in [6.07, 6.45) is 0.186. The van der Waals surface area contributed by atoms with Crippen molar-refractivity contribution < 1.29 is 9.59 Å². The lowest BCUT2D eigenvalue weighted by molar-refractivity contribution is -0.129. The highest BCUT2D eigenvalue weighted by atomic mass is 35.5. The van der Waals surface area contributed by atoms with Crippen molar-refractivity contribution in [3.8, 4) is 0 Å². The molecule has 0 unspecified atom stereocenters. The third-order valence-electron chi connectivity index (χ3n) is 3.48. The Hall–Kier alpha value is -2.04. The number of hydrogen-bond donors (Lipinski definition) is 1. The molecule has 1 N–H and O–H groups in total. The summed E-state index contributed by atoms with van der Waals surface area (Å²) in [6, 6.07) is 14.5. The molecular weight excluding hydrogens is 347 g/mol. The average molecular weight is 365 g/mol. The highest BCUT2D eigenvalue weighted by Gasteiger charge is 2.13. The van der Waals surface area contributed by atoms with Crippen molar-refractivity contribution in [1.29, 1.82) is 0 Å². The van der Waals surface area contributed by atoms with Crippen LogP contribution in [-0.4, -0.2) is 23.3 Å². The minimum absolute atomic E-state index is 0.0730. The molecule has 0 aliphatic carbocycles. The molecule has 2 amide bonds. The third kappa shape index (κ3) is 5.55. The molecule has 0 aliphatic rings. The summed E-state index contributed by atoms with van der Waals surface area (Å²) in [5.41, 5.74) is 1.53. The fourth-order valence-electron chi connectivity index (χ4n) is 2.19. The van der Waals surface area contributed by atoms with Crippen LogP contribution in [0.3, 0.4) is 0 Å². The van der Waals surface area contributed by atoms with Gasteiger partial charge in [-0.2, -0.15) is 0 Å². The predicted molar refractivity (Wildman–Crippen MR) is 97.2 cm³/mol. The van der Waals surface area contributed by atoms with Crippen molar-refractivity contribution in [2.45, 2.75) is 19.9 Å². The zero-order valence-electron chi connectivity index (χ0n) is 13.3. The summed E-state index contributed by atoms with van der Waals surface area (Å²) in [5, 5.41) is 3.61. The van der Waals surface area contributed by atoms with Crippen LogP contribution < -0.4 is 5.32 Å². The highest BCUT2D eigenvalue weighted by Crippen LogP contribution is 2.25. The van der Waals surface area contributed by atoms with E-state index in [0.717, 1.165) is 5.56 Å². The second-order valence-corrected chi connectivity index (χ2v) is 6.19. The first kappa shape index (κ1) is 18.3. The van der Waals surface area contributed by atoms with Crippen molar-refractivity contribution in [3.05, 3.63) is 64.1 Å². The summed E-state index contributed by atoms with van der Waals surface area (Å²) < 4.78 is 0. The van der Waals surface area contributed by atoms with E-state index in [1.54, 1.807) is 23.1 Å². The Morgan fingerprint density at radius 1 is 1.08 bits per heavy atom. The maximum absolute atomic E-state index is 12.1. The van der Waals surface area contributed by atoms with Gasteiger partial charge in [-0.15, -0.1) is 0 Å². The third-order valence-corrected chi connectivity index (χ3v) is 4.02. The molecule has 0 saturated heterocycles. The van der Waals surface area contributed by atoms with E-state index >= 15 is 0 Å². The Kier molecular flexibility index (Phi) is 6.64. The van der Waals surface area contributed by atoms with Gasteiger partial charge < -0.3 is 10.2 Å².